The van der Waals surface area contributed by atoms with Crippen molar-refractivity contribution in [3.05, 3.63) is 28.8 Å². The molecule has 1 aromatic rings. The van der Waals surface area contributed by atoms with Crippen molar-refractivity contribution in [2.75, 3.05) is 17.6 Å². The Kier molecular flexibility index (Phi) is 5.34. The molecule has 110 valence electrons. The number of rotatable bonds is 6. The monoisotopic (exact) mass is 321 g/mol. The van der Waals surface area contributed by atoms with E-state index < -0.39 is 27.7 Å². The lowest BCUT2D eigenvalue weighted by atomic mass is 10.2. The highest BCUT2D eigenvalue weighted by Gasteiger charge is 2.18. The molecule has 0 amide bonds. The Morgan fingerprint density at radius 2 is 2.05 bits per heavy atom. The van der Waals surface area contributed by atoms with Gasteiger partial charge in [-0.2, -0.15) is 0 Å². The van der Waals surface area contributed by atoms with E-state index in [9.17, 15) is 18.0 Å². The lowest BCUT2D eigenvalue weighted by molar-refractivity contribution is -0.140. The quantitative estimate of drug-likeness (QED) is 0.765. The number of aromatic carboxylic acids is 1. The second-order valence-corrected chi connectivity index (χ2v) is 6.02. The Bertz CT molecular complexity index is 628. The molecular weight excluding hydrogens is 310 g/mol. The Morgan fingerprint density at radius 1 is 1.40 bits per heavy atom. The molecule has 0 aliphatic heterocycles. The van der Waals surface area contributed by atoms with Crippen molar-refractivity contribution >= 4 is 39.3 Å². The standard InChI is InChI=1S/C11H12ClNO6S/c1-19-10(14)4-5-20(17,18)13-9-3-2-7(12)6-8(9)11(15)16/h2-3,6,13H,4-5H2,1H3,(H,15,16). The van der Waals surface area contributed by atoms with Crippen molar-refractivity contribution in [1.82, 2.24) is 0 Å². The van der Waals surface area contributed by atoms with E-state index in [2.05, 4.69) is 9.46 Å². The molecule has 0 saturated carbocycles. The number of methoxy groups -OCH3 is 1. The second kappa shape index (κ2) is 6.58. The summed E-state index contributed by atoms with van der Waals surface area (Å²) in [6.07, 6.45) is -0.332. The molecule has 0 fully saturated rings. The smallest absolute Gasteiger partial charge is 0.337 e. The van der Waals surface area contributed by atoms with Gasteiger partial charge in [0.05, 0.1) is 30.5 Å². The van der Waals surface area contributed by atoms with Crippen LogP contribution >= 0.6 is 11.6 Å². The first-order chi connectivity index (χ1) is 9.25. The molecule has 0 saturated heterocycles. The molecule has 0 radical (unpaired) electrons. The van der Waals surface area contributed by atoms with Crippen LogP contribution in [0.15, 0.2) is 18.2 Å². The average molecular weight is 322 g/mol. The van der Waals surface area contributed by atoms with Crippen LogP contribution in [0.5, 0.6) is 0 Å². The first-order valence-electron chi connectivity index (χ1n) is 5.35. The second-order valence-electron chi connectivity index (χ2n) is 3.74. The average Bonchev–Trinajstić information content (AvgIpc) is 2.37. The largest absolute Gasteiger partial charge is 0.478 e. The number of carbonyl (C=O) groups is 2. The fourth-order valence-electron chi connectivity index (χ4n) is 1.32. The molecule has 0 aromatic heterocycles. The van der Waals surface area contributed by atoms with E-state index in [4.69, 9.17) is 16.7 Å². The third-order valence-corrected chi connectivity index (χ3v) is 3.79. The van der Waals surface area contributed by atoms with Gasteiger partial charge in [-0.25, -0.2) is 13.2 Å². The summed E-state index contributed by atoms with van der Waals surface area (Å²) in [5.74, 6) is -2.51. The number of esters is 1. The van der Waals surface area contributed by atoms with Crippen LogP contribution in [0.25, 0.3) is 0 Å². The van der Waals surface area contributed by atoms with Gasteiger partial charge in [0, 0.05) is 5.02 Å². The Balaban J connectivity index is 2.92. The first-order valence-corrected chi connectivity index (χ1v) is 7.38. The number of halogens is 1. The van der Waals surface area contributed by atoms with E-state index in [0.29, 0.717) is 0 Å². The van der Waals surface area contributed by atoms with Crippen LogP contribution in [0.2, 0.25) is 5.02 Å². The molecule has 0 spiro atoms. The van der Waals surface area contributed by atoms with E-state index in [1.807, 2.05) is 0 Å². The number of sulfonamides is 1. The predicted octanol–water partition coefficient (Wildman–Crippen LogP) is 1.34. The topological polar surface area (TPSA) is 110 Å². The lowest BCUT2D eigenvalue weighted by Gasteiger charge is -2.10. The van der Waals surface area contributed by atoms with E-state index >= 15 is 0 Å². The number of hydrogen-bond donors (Lipinski definition) is 2. The third-order valence-electron chi connectivity index (χ3n) is 2.28. The molecule has 2 N–H and O–H groups in total. The van der Waals surface area contributed by atoms with Gasteiger partial charge < -0.3 is 9.84 Å². The molecule has 0 aliphatic rings. The number of anilines is 1. The Morgan fingerprint density at radius 3 is 2.60 bits per heavy atom. The maximum absolute atomic E-state index is 11.7. The zero-order valence-corrected chi connectivity index (χ0v) is 12.0. The van der Waals surface area contributed by atoms with E-state index in [0.717, 1.165) is 13.2 Å². The molecule has 1 rings (SSSR count). The van der Waals surface area contributed by atoms with Crippen LogP contribution < -0.4 is 4.72 Å². The Labute approximate surface area is 120 Å². The van der Waals surface area contributed by atoms with Crippen molar-refractivity contribution < 1.29 is 27.9 Å². The molecule has 20 heavy (non-hydrogen) atoms. The molecule has 9 heteroatoms. The first kappa shape index (κ1) is 16.3. The SMILES string of the molecule is COC(=O)CCS(=O)(=O)Nc1ccc(Cl)cc1C(=O)O. The van der Waals surface area contributed by atoms with E-state index in [1.54, 1.807) is 0 Å². The minimum absolute atomic E-state index is 0.119. The van der Waals surface area contributed by atoms with Crippen LogP contribution in [0.4, 0.5) is 5.69 Å². The van der Waals surface area contributed by atoms with Gasteiger partial charge in [-0.15, -0.1) is 0 Å². The molecule has 1 aromatic carbocycles. The van der Waals surface area contributed by atoms with Gasteiger partial charge in [0.2, 0.25) is 10.0 Å². The van der Waals surface area contributed by atoms with Gasteiger partial charge in [-0.1, -0.05) is 11.6 Å². The van der Waals surface area contributed by atoms with Gasteiger partial charge in [0.1, 0.15) is 0 Å². The summed E-state index contributed by atoms with van der Waals surface area (Å²) >= 11 is 5.65. The minimum atomic E-state index is -3.87. The fourth-order valence-corrected chi connectivity index (χ4v) is 2.54. The zero-order valence-electron chi connectivity index (χ0n) is 10.4. The number of ether oxygens (including phenoxy) is 1. The summed E-state index contributed by atoms with van der Waals surface area (Å²) in [7, 11) is -2.72. The minimum Gasteiger partial charge on any atom is -0.478 e. The highest BCUT2D eigenvalue weighted by atomic mass is 35.5. The zero-order chi connectivity index (χ0) is 15.3. The fraction of sp³-hybridized carbons (Fsp3) is 0.273. The number of carboxylic acid groups (broad SMARTS) is 1. The number of carbonyl (C=O) groups excluding carboxylic acids is 1. The summed E-state index contributed by atoms with van der Waals surface area (Å²) in [6.45, 7) is 0. The maximum atomic E-state index is 11.7. The van der Waals surface area contributed by atoms with Crippen molar-refractivity contribution in [3.8, 4) is 0 Å². The van der Waals surface area contributed by atoms with E-state index in [-0.39, 0.29) is 22.7 Å². The highest BCUT2D eigenvalue weighted by molar-refractivity contribution is 7.92. The van der Waals surface area contributed by atoms with Gasteiger partial charge in [-0.3, -0.25) is 9.52 Å². The summed E-state index contributed by atoms with van der Waals surface area (Å²) in [6, 6.07) is 3.72. The normalized spacial score (nSPS) is 10.9. The van der Waals surface area contributed by atoms with Crippen molar-refractivity contribution in [2.45, 2.75) is 6.42 Å². The van der Waals surface area contributed by atoms with Crippen LogP contribution in [0, 0.1) is 0 Å². The van der Waals surface area contributed by atoms with E-state index in [1.165, 1.54) is 12.1 Å². The number of hydrogen-bond acceptors (Lipinski definition) is 5. The molecule has 7 nitrogen and oxygen atoms in total. The van der Waals surface area contributed by atoms with Crippen LogP contribution in [0.1, 0.15) is 16.8 Å². The summed E-state index contributed by atoms with van der Waals surface area (Å²) in [4.78, 5) is 21.9. The van der Waals surface area contributed by atoms with Crippen LogP contribution in [-0.4, -0.2) is 38.3 Å². The highest BCUT2D eigenvalue weighted by Crippen LogP contribution is 2.22. The van der Waals surface area contributed by atoms with Crippen molar-refractivity contribution in [1.29, 1.82) is 0 Å². The third kappa shape index (κ3) is 4.71. The number of nitrogens with one attached hydrogen (secondary N) is 1. The van der Waals surface area contributed by atoms with Crippen molar-refractivity contribution in [2.24, 2.45) is 0 Å². The Hall–Kier alpha value is -1.80. The van der Waals surface area contributed by atoms with Crippen LogP contribution in [-0.2, 0) is 19.6 Å². The summed E-state index contributed by atoms with van der Waals surface area (Å²) < 4.78 is 29.9. The predicted molar refractivity (Wildman–Crippen MR) is 72.5 cm³/mol. The molecule has 0 aliphatic carbocycles. The van der Waals surface area contributed by atoms with Gasteiger partial charge in [0.25, 0.3) is 0 Å². The lowest BCUT2D eigenvalue weighted by Crippen LogP contribution is -2.20. The van der Waals surface area contributed by atoms with Gasteiger partial charge >= 0.3 is 11.9 Å². The molecule has 0 heterocycles. The van der Waals surface area contributed by atoms with Gasteiger partial charge in [0.15, 0.2) is 0 Å². The summed E-state index contributed by atoms with van der Waals surface area (Å²) in [5, 5.41) is 9.14. The summed E-state index contributed by atoms with van der Waals surface area (Å²) in [5.41, 5.74) is -0.397. The molecular formula is C11H12ClNO6S. The molecule has 0 atom stereocenters. The molecule has 0 bridgehead atoms. The van der Waals surface area contributed by atoms with Crippen LogP contribution in [0.3, 0.4) is 0 Å². The molecule has 0 unspecified atom stereocenters. The van der Waals surface area contributed by atoms with Gasteiger partial charge in [-0.05, 0) is 18.2 Å². The number of carboxylic acids is 1. The maximum Gasteiger partial charge on any atom is 0.337 e. The number of benzene rings is 1. The van der Waals surface area contributed by atoms with Crippen molar-refractivity contribution in [3.63, 3.8) is 0 Å².